The van der Waals surface area contributed by atoms with Crippen molar-refractivity contribution in [3.63, 3.8) is 0 Å². The predicted molar refractivity (Wildman–Crippen MR) is 65.4 cm³/mol. The monoisotopic (exact) mass is 209 g/mol. The van der Waals surface area contributed by atoms with Gasteiger partial charge in [-0.3, -0.25) is 4.98 Å². The molecule has 0 saturated heterocycles. The van der Waals surface area contributed by atoms with Gasteiger partial charge in [0.25, 0.3) is 0 Å². The van der Waals surface area contributed by atoms with Crippen molar-refractivity contribution >= 4 is 0 Å². The number of hydrogen-bond donors (Lipinski definition) is 0. The third-order valence-electron chi connectivity index (χ3n) is 3.50. The normalized spacial score (nSPS) is 19.1. The highest BCUT2D eigenvalue weighted by Crippen LogP contribution is 2.31. The van der Waals surface area contributed by atoms with E-state index >= 15 is 0 Å². The van der Waals surface area contributed by atoms with E-state index in [4.69, 9.17) is 0 Å². The van der Waals surface area contributed by atoms with Gasteiger partial charge in [0, 0.05) is 12.4 Å². The summed E-state index contributed by atoms with van der Waals surface area (Å²) in [6.07, 6.45) is 7.54. The van der Waals surface area contributed by atoms with Crippen LogP contribution in [0.5, 0.6) is 0 Å². The lowest BCUT2D eigenvalue weighted by Gasteiger charge is -2.24. The summed E-state index contributed by atoms with van der Waals surface area (Å²) in [4.78, 5) is 4.23. The first-order chi connectivity index (χ1) is 7.93. The largest absolute Gasteiger partial charge is 0.264 e. The van der Waals surface area contributed by atoms with Crippen molar-refractivity contribution in [1.82, 2.24) is 4.98 Å². The summed E-state index contributed by atoms with van der Waals surface area (Å²) in [5, 5.41) is 0. The SMILES string of the molecule is c1ccc(C2CCc3ccncc3C2)cc1. The fourth-order valence-corrected chi connectivity index (χ4v) is 2.59. The molecule has 1 aliphatic carbocycles. The highest BCUT2D eigenvalue weighted by Gasteiger charge is 2.19. The lowest BCUT2D eigenvalue weighted by atomic mass is 9.81. The summed E-state index contributed by atoms with van der Waals surface area (Å²) in [6, 6.07) is 13.0. The van der Waals surface area contributed by atoms with E-state index in [1.165, 1.54) is 29.5 Å². The number of benzene rings is 1. The van der Waals surface area contributed by atoms with Crippen molar-refractivity contribution in [1.29, 1.82) is 0 Å². The molecule has 16 heavy (non-hydrogen) atoms. The van der Waals surface area contributed by atoms with Gasteiger partial charge in [-0.1, -0.05) is 30.3 Å². The Morgan fingerprint density at radius 3 is 2.75 bits per heavy atom. The van der Waals surface area contributed by atoms with Crippen LogP contribution >= 0.6 is 0 Å². The maximum atomic E-state index is 4.23. The van der Waals surface area contributed by atoms with E-state index in [2.05, 4.69) is 41.4 Å². The van der Waals surface area contributed by atoms with Gasteiger partial charge in [-0.25, -0.2) is 0 Å². The molecule has 1 aromatic carbocycles. The molecule has 1 aliphatic rings. The second kappa shape index (κ2) is 4.09. The van der Waals surface area contributed by atoms with Crippen molar-refractivity contribution in [3.8, 4) is 0 Å². The molecule has 3 rings (SSSR count). The molecule has 80 valence electrons. The van der Waals surface area contributed by atoms with Crippen molar-refractivity contribution in [2.24, 2.45) is 0 Å². The number of pyridine rings is 1. The van der Waals surface area contributed by atoms with E-state index in [0.717, 1.165) is 6.42 Å². The molecule has 1 atom stereocenters. The zero-order valence-electron chi connectivity index (χ0n) is 9.26. The van der Waals surface area contributed by atoms with Crippen LogP contribution in [0.3, 0.4) is 0 Å². The van der Waals surface area contributed by atoms with Gasteiger partial charge < -0.3 is 0 Å². The zero-order valence-corrected chi connectivity index (χ0v) is 9.26. The highest BCUT2D eigenvalue weighted by atomic mass is 14.6. The van der Waals surface area contributed by atoms with Crippen LogP contribution in [0.4, 0.5) is 0 Å². The van der Waals surface area contributed by atoms with Crippen LogP contribution < -0.4 is 0 Å². The van der Waals surface area contributed by atoms with E-state index in [0.29, 0.717) is 5.92 Å². The van der Waals surface area contributed by atoms with Crippen LogP contribution in [0.2, 0.25) is 0 Å². The maximum Gasteiger partial charge on any atom is 0.0302 e. The number of hydrogen-bond acceptors (Lipinski definition) is 1. The zero-order chi connectivity index (χ0) is 10.8. The highest BCUT2D eigenvalue weighted by molar-refractivity contribution is 5.31. The standard InChI is InChI=1S/C15H15N/c1-2-4-12(5-3-1)14-7-6-13-8-9-16-11-15(13)10-14/h1-5,8-9,11,14H,6-7,10H2. The van der Waals surface area contributed by atoms with Gasteiger partial charge in [0.15, 0.2) is 0 Å². The van der Waals surface area contributed by atoms with E-state index in [1.54, 1.807) is 0 Å². The minimum absolute atomic E-state index is 0.679. The van der Waals surface area contributed by atoms with Gasteiger partial charge in [0.2, 0.25) is 0 Å². The molecule has 0 N–H and O–H groups in total. The van der Waals surface area contributed by atoms with Gasteiger partial charge in [-0.05, 0) is 47.9 Å². The molecule has 2 aromatic rings. The van der Waals surface area contributed by atoms with E-state index in [-0.39, 0.29) is 0 Å². The Labute approximate surface area is 96.2 Å². The van der Waals surface area contributed by atoms with Crippen LogP contribution in [0.15, 0.2) is 48.8 Å². The predicted octanol–water partition coefficient (Wildman–Crippen LogP) is 3.35. The third-order valence-corrected chi connectivity index (χ3v) is 3.50. The molecule has 0 spiro atoms. The number of aromatic nitrogens is 1. The summed E-state index contributed by atoms with van der Waals surface area (Å²) >= 11 is 0. The molecule has 0 fully saturated rings. The van der Waals surface area contributed by atoms with Crippen LogP contribution in [-0.2, 0) is 12.8 Å². The molecule has 1 heteroatoms. The minimum atomic E-state index is 0.679. The van der Waals surface area contributed by atoms with Gasteiger partial charge in [0.05, 0.1) is 0 Å². The molecule has 0 bridgehead atoms. The second-order valence-electron chi connectivity index (χ2n) is 4.49. The van der Waals surface area contributed by atoms with Gasteiger partial charge in [0.1, 0.15) is 0 Å². The van der Waals surface area contributed by atoms with Gasteiger partial charge in [-0.2, -0.15) is 0 Å². The molecule has 0 amide bonds. The van der Waals surface area contributed by atoms with Crippen LogP contribution in [0, 0.1) is 0 Å². The number of aryl methyl sites for hydroxylation is 1. The first-order valence-electron chi connectivity index (χ1n) is 5.90. The topological polar surface area (TPSA) is 12.9 Å². The van der Waals surface area contributed by atoms with E-state index < -0.39 is 0 Å². The molecular weight excluding hydrogens is 194 g/mol. The fraction of sp³-hybridized carbons (Fsp3) is 0.267. The van der Waals surface area contributed by atoms with Crippen LogP contribution in [-0.4, -0.2) is 4.98 Å². The lowest BCUT2D eigenvalue weighted by Crippen LogP contribution is -2.12. The van der Waals surface area contributed by atoms with E-state index in [1.807, 2.05) is 12.4 Å². The summed E-state index contributed by atoms with van der Waals surface area (Å²) < 4.78 is 0. The lowest BCUT2D eigenvalue weighted by molar-refractivity contribution is 0.583. The Kier molecular flexibility index (Phi) is 2.45. The van der Waals surface area contributed by atoms with Gasteiger partial charge in [-0.15, -0.1) is 0 Å². The van der Waals surface area contributed by atoms with Crippen molar-refractivity contribution < 1.29 is 0 Å². The summed E-state index contributed by atoms with van der Waals surface area (Å²) in [7, 11) is 0. The second-order valence-corrected chi connectivity index (χ2v) is 4.49. The van der Waals surface area contributed by atoms with Crippen molar-refractivity contribution in [2.45, 2.75) is 25.2 Å². The molecule has 1 aromatic heterocycles. The third kappa shape index (κ3) is 1.73. The maximum absolute atomic E-state index is 4.23. The smallest absolute Gasteiger partial charge is 0.0302 e. The van der Waals surface area contributed by atoms with Gasteiger partial charge >= 0.3 is 0 Å². The molecule has 1 nitrogen and oxygen atoms in total. The van der Waals surface area contributed by atoms with Crippen LogP contribution in [0.1, 0.15) is 29.0 Å². The van der Waals surface area contributed by atoms with Crippen LogP contribution in [0.25, 0.3) is 0 Å². The number of nitrogens with zero attached hydrogens (tertiary/aromatic N) is 1. The first kappa shape index (κ1) is 9.59. The molecule has 1 unspecified atom stereocenters. The summed E-state index contributed by atoms with van der Waals surface area (Å²) in [6.45, 7) is 0. The van der Waals surface area contributed by atoms with Crippen molar-refractivity contribution in [2.75, 3.05) is 0 Å². The molecule has 0 aliphatic heterocycles. The number of fused-ring (bicyclic) bond motifs is 1. The molecular formula is C15H15N. The Morgan fingerprint density at radius 1 is 1.00 bits per heavy atom. The summed E-state index contributed by atoms with van der Waals surface area (Å²) in [5.74, 6) is 0.679. The average molecular weight is 209 g/mol. The molecule has 0 radical (unpaired) electrons. The Balaban J connectivity index is 1.89. The molecule has 0 saturated carbocycles. The minimum Gasteiger partial charge on any atom is -0.264 e. The summed E-state index contributed by atoms with van der Waals surface area (Å²) in [5.41, 5.74) is 4.39. The Hall–Kier alpha value is -1.63. The Morgan fingerprint density at radius 2 is 1.88 bits per heavy atom. The van der Waals surface area contributed by atoms with E-state index in [9.17, 15) is 0 Å². The van der Waals surface area contributed by atoms with Crippen molar-refractivity contribution in [3.05, 3.63) is 65.5 Å². The number of rotatable bonds is 1. The average Bonchev–Trinajstić information content (AvgIpc) is 2.39. The Bertz CT molecular complexity index is 476. The fourth-order valence-electron chi connectivity index (χ4n) is 2.59. The first-order valence-corrected chi connectivity index (χ1v) is 5.90. The quantitative estimate of drug-likeness (QED) is 0.702. The molecule has 1 heterocycles.